The summed E-state index contributed by atoms with van der Waals surface area (Å²) >= 11 is 12.5. The van der Waals surface area contributed by atoms with E-state index in [0.29, 0.717) is 21.3 Å². The maximum absolute atomic E-state index is 14.3. The van der Waals surface area contributed by atoms with Crippen molar-refractivity contribution in [3.05, 3.63) is 99.0 Å². The summed E-state index contributed by atoms with van der Waals surface area (Å²) in [5.74, 6) is -0.768. The number of halogens is 2. The van der Waals surface area contributed by atoms with Gasteiger partial charge in [-0.2, -0.15) is 0 Å². The van der Waals surface area contributed by atoms with Gasteiger partial charge < -0.3 is 10.2 Å². The predicted octanol–water partition coefficient (Wildman–Crippen LogP) is 6.47. The molecule has 0 saturated heterocycles. The van der Waals surface area contributed by atoms with Crippen molar-refractivity contribution < 1.29 is 18.0 Å². The molecule has 1 atom stereocenters. The molecular weight excluding hydrogens is 605 g/mol. The highest BCUT2D eigenvalue weighted by molar-refractivity contribution is 7.92. The molecule has 7 nitrogen and oxygen atoms in total. The van der Waals surface area contributed by atoms with Gasteiger partial charge in [0.05, 0.1) is 22.0 Å². The summed E-state index contributed by atoms with van der Waals surface area (Å²) in [6.07, 6.45) is 6.34. The highest BCUT2D eigenvalue weighted by atomic mass is 35.5. The molecule has 0 aromatic heterocycles. The molecule has 0 unspecified atom stereocenters. The third kappa shape index (κ3) is 8.97. The van der Waals surface area contributed by atoms with Gasteiger partial charge in [-0.1, -0.05) is 84.9 Å². The SMILES string of the molecule is Cc1ccc(N(CC(=O)N(Cc2ccc(Cl)c(Cl)c2)[C@H](Cc2ccccc2)C(=O)NC2CCCCC2)S(C)(=O)=O)cc1C. The Kier molecular flexibility index (Phi) is 11.2. The maximum Gasteiger partial charge on any atom is 0.244 e. The van der Waals surface area contributed by atoms with Crippen LogP contribution >= 0.6 is 23.2 Å². The minimum absolute atomic E-state index is 0.0319. The van der Waals surface area contributed by atoms with Gasteiger partial charge in [0.15, 0.2) is 0 Å². The fourth-order valence-electron chi connectivity index (χ4n) is 5.43. The Morgan fingerprint density at radius 1 is 0.884 bits per heavy atom. The highest BCUT2D eigenvalue weighted by Crippen LogP contribution is 2.26. The monoisotopic (exact) mass is 643 g/mol. The minimum atomic E-state index is -3.84. The molecule has 0 spiro atoms. The van der Waals surface area contributed by atoms with Crippen LogP contribution in [0, 0.1) is 13.8 Å². The van der Waals surface area contributed by atoms with E-state index in [1.807, 2.05) is 50.2 Å². The molecule has 3 aromatic rings. The van der Waals surface area contributed by atoms with Crippen molar-refractivity contribution in [3.63, 3.8) is 0 Å². The molecule has 1 N–H and O–H groups in total. The average molecular weight is 645 g/mol. The Labute approximate surface area is 265 Å². The molecule has 0 aliphatic heterocycles. The van der Waals surface area contributed by atoms with Crippen molar-refractivity contribution in [3.8, 4) is 0 Å². The second kappa shape index (κ2) is 14.6. The number of anilines is 1. The van der Waals surface area contributed by atoms with E-state index in [1.165, 1.54) is 4.90 Å². The van der Waals surface area contributed by atoms with Crippen molar-refractivity contribution in [2.75, 3.05) is 17.1 Å². The van der Waals surface area contributed by atoms with Crippen molar-refractivity contribution in [1.82, 2.24) is 10.2 Å². The van der Waals surface area contributed by atoms with Crippen molar-refractivity contribution >= 4 is 50.7 Å². The van der Waals surface area contributed by atoms with Gasteiger partial charge >= 0.3 is 0 Å². The van der Waals surface area contributed by atoms with Gasteiger partial charge in [-0.25, -0.2) is 8.42 Å². The van der Waals surface area contributed by atoms with Crippen LogP contribution in [0.1, 0.15) is 54.4 Å². The fourth-order valence-corrected chi connectivity index (χ4v) is 6.59. The van der Waals surface area contributed by atoms with Gasteiger partial charge in [-0.15, -0.1) is 0 Å². The number of benzene rings is 3. The zero-order valence-corrected chi connectivity index (χ0v) is 27.2. The third-order valence-electron chi connectivity index (χ3n) is 8.02. The van der Waals surface area contributed by atoms with E-state index in [-0.39, 0.29) is 24.9 Å². The second-order valence-corrected chi connectivity index (χ2v) is 14.1. The number of hydrogen-bond acceptors (Lipinski definition) is 4. The van der Waals surface area contributed by atoms with Crippen molar-refractivity contribution in [1.29, 1.82) is 0 Å². The first-order chi connectivity index (χ1) is 20.4. The summed E-state index contributed by atoms with van der Waals surface area (Å²) in [5.41, 5.74) is 3.85. The molecule has 1 aliphatic rings. The van der Waals surface area contributed by atoms with E-state index in [4.69, 9.17) is 23.2 Å². The lowest BCUT2D eigenvalue weighted by atomic mass is 9.94. The lowest BCUT2D eigenvalue weighted by Gasteiger charge is -2.35. The Hall–Kier alpha value is -3.07. The minimum Gasteiger partial charge on any atom is -0.352 e. The van der Waals surface area contributed by atoms with Crippen LogP contribution in [0.3, 0.4) is 0 Å². The topological polar surface area (TPSA) is 86.8 Å². The lowest BCUT2D eigenvalue weighted by molar-refractivity contribution is -0.140. The number of carbonyl (C=O) groups excluding carboxylic acids is 2. The smallest absolute Gasteiger partial charge is 0.244 e. The van der Waals surface area contributed by atoms with Crippen molar-refractivity contribution in [2.24, 2.45) is 0 Å². The van der Waals surface area contributed by atoms with E-state index in [9.17, 15) is 18.0 Å². The Morgan fingerprint density at radius 3 is 2.21 bits per heavy atom. The first-order valence-corrected chi connectivity index (χ1v) is 17.2. The van der Waals surface area contributed by atoms with E-state index in [1.54, 1.807) is 30.3 Å². The second-order valence-electron chi connectivity index (χ2n) is 11.4. The number of aryl methyl sites for hydroxylation is 2. The van der Waals surface area contributed by atoms with Crippen LogP contribution in [-0.2, 0) is 32.6 Å². The van der Waals surface area contributed by atoms with Crippen LogP contribution in [0.15, 0.2) is 66.7 Å². The normalized spacial score (nSPS) is 14.6. The molecule has 0 heterocycles. The lowest BCUT2D eigenvalue weighted by Crippen LogP contribution is -2.55. The summed E-state index contributed by atoms with van der Waals surface area (Å²) in [4.78, 5) is 29.8. The van der Waals surface area contributed by atoms with Gasteiger partial charge in [0.2, 0.25) is 21.8 Å². The Morgan fingerprint density at radius 2 is 1.58 bits per heavy atom. The van der Waals surface area contributed by atoms with Gasteiger partial charge in [-0.05, 0) is 73.2 Å². The molecule has 4 rings (SSSR count). The number of amides is 2. The molecule has 3 aromatic carbocycles. The summed E-state index contributed by atoms with van der Waals surface area (Å²) in [5, 5.41) is 3.90. The van der Waals surface area contributed by atoms with E-state index >= 15 is 0 Å². The molecule has 2 amide bonds. The molecule has 1 fully saturated rings. The molecule has 43 heavy (non-hydrogen) atoms. The zero-order valence-electron chi connectivity index (χ0n) is 24.9. The zero-order chi connectivity index (χ0) is 31.1. The molecular formula is C33H39Cl2N3O4S. The van der Waals surface area contributed by atoms with Crippen LogP contribution in [0.2, 0.25) is 10.0 Å². The van der Waals surface area contributed by atoms with Crippen LogP contribution in [-0.4, -0.2) is 50.0 Å². The number of sulfonamides is 1. The number of carbonyl (C=O) groups is 2. The average Bonchev–Trinajstić information content (AvgIpc) is 2.97. The number of nitrogens with one attached hydrogen (secondary N) is 1. The van der Waals surface area contributed by atoms with Crippen LogP contribution < -0.4 is 9.62 Å². The van der Waals surface area contributed by atoms with E-state index in [0.717, 1.165) is 59.4 Å². The quantitative estimate of drug-likeness (QED) is 0.260. The molecule has 230 valence electrons. The molecule has 1 saturated carbocycles. The predicted molar refractivity (Wildman–Crippen MR) is 174 cm³/mol. The summed E-state index contributed by atoms with van der Waals surface area (Å²) in [7, 11) is -3.84. The van der Waals surface area contributed by atoms with Crippen LogP contribution in [0.4, 0.5) is 5.69 Å². The number of hydrogen-bond donors (Lipinski definition) is 1. The van der Waals surface area contributed by atoms with Crippen LogP contribution in [0.25, 0.3) is 0 Å². The highest BCUT2D eigenvalue weighted by Gasteiger charge is 2.34. The summed E-state index contributed by atoms with van der Waals surface area (Å²) in [6.45, 7) is 3.40. The van der Waals surface area contributed by atoms with E-state index in [2.05, 4.69) is 5.32 Å². The summed E-state index contributed by atoms with van der Waals surface area (Å²) in [6, 6.07) is 19.0. The van der Waals surface area contributed by atoms with Gasteiger partial charge in [0, 0.05) is 19.0 Å². The van der Waals surface area contributed by atoms with Crippen LogP contribution in [0.5, 0.6) is 0 Å². The maximum atomic E-state index is 14.3. The number of nitrogens with zero attached hydrogens (tertiary/aromatic N) is 2. The van der Waals surface area contributed by atoms with E-state index < -0.39 is 28.5 Å². The van der Waals surface area contributed by atoms with Gasteiger partial charge in [-0.3, -0.25) is 13.9 Å². The Bertz CT molecular complexity index is 1540. The number of rotatable bonds is 11. The fraction of sp³-hybridized carbons (Fsp3) is 0.394. The third-order valence-corrected chi connectivity index (χ3v) is 9.90. The molecule has 0 bridgehead atoms. The standard InChI is InChI=1S/C33H39Cl2N3O4S/c1-23-14-16-28(18-24(23)2)38(43(3,41)42)22-32(39)37(21-26-15-17-29(34)30(35)19-26)31(20-25-10-6-4-7-11-25)33(40)36-27-12-8-5-9-13-27/h4,6-7,10-11,14-19,27,31H,5,8-9,12-13,20-22H2,1-3H3,(H,36,40)/t31-/m1/s1. The van der Waals surface area contributed by atoms with Gasteiger partial charge in [0.25, 0.3) is 0 Å². The largest absolute Gasteiger partial charge is 0.352 e. The molecule has 0 radical (unpaired) electrons. The van der Waals surface area contributed by atoms with Crippen molar-refractivity contribution in [2.45, 2.75) is 71.0 Å². The van der Waals surface area contributed by atoms with Gasteiger partial charge in [0.1, 0.15) is 12.6 Å². The summed E-state index contributed by atoms with van der Waals surface area (Å²) < 4.78 is 27.2. The Balaban J connectivity index is 1.74. The molecule has 10 heteroatoms. The first-order valence-electron chi connectivity index (χ1n) is 14.5. The molecule has 1 aliphatic carbocycles. The first kappa shape index (κ1) is 32.8.